The minimum Gasteiger partial charge on any atom is -0.496 e. The number of rotatable bonds is 2. The van der Waals surface area contributed by atoms with E-state index in [0.29, 0.717) is 6.04 Å². The molecular formula is C11H15Cl2NO. The summed E-state index contributed by atoms with van der Waals surface area (Å²) in [5.74, 6) is 0.925. The van der Waals surface area contributed by atoms with Crippen LogP contribution < -0.4 is 10.1 Å². The lowest BCUT2D eigenvalue weighted by atomic mass is 10.0. The summed E-state index contributed by atoms with van der Waals surface area (Å²) in [7, 11) is 1.70. The van der Waals surface area contributed by atoms with E-state index in [1.165, 1.54) is 12.0 Å². The van der Waals surface area contributed by atoms with E-state index in [2.05, 4.69) is 5.32 Å². The second kappa shape index (κ2) is 5.59. The van der Waals surface area contributed by atoms with E-state index in [0.717, 1.165) is 23.7 Å². The maximum Gasteiger partial charge on any atom is 0.123 e. The first-order chi connectivity index (χ1) is 6.81. The third-order valence-electron chi connectivity index (χ3n) is 2.63. The number of halogens is 2. The van der Waals surface area contributed by atoms with Crippen molar-refractivity contribution < 1.29 is 4.74 Å². The molecule has 1 aromatic rings. The lowest BCUT2D eigenvalue weighted by Crippen LogP contribution is -2.13. The Hall–Kier alpha value is -0.440. The molecule has 0 spiro atoms. The van der Waals surface area contributed by atoms with Crippen LogP contribution in [0.5, 0.6) is 5.75 Å². The molecule has 1 aliphatic rings. The van der Waals surface area contributed by atoms with Crippen LogP contribution in [0, 0.1) is 0 Å². The Kier molecular flexibility index (Phi) is 4.71. The zero-order chi connectivity index (χ0) is 9.97. The van der Waals surface area contributed by atoms with Gasteiger partial charge in [-0.3, -0.25) is 0 Å². The molecule has 0 amide bonds. The van der Waals surface area contributed by atoms with Crippen LogP contribution in [0.25, 0.3) is 0 Å². The van der Waals surface area contributed by atoms with Crippen molar-refractivity contribution >= 4 is 24.0 Å². The van der Waals surface area contributed by atoms with Crippen molar-refractivity contribution in [3.63, 3.8) is 0 Å². The van der Waals surface area contributed by atoms with E-state index in [1.807, 2.05) is 18.2 Å². The number of hydrogen-bond donors (Lipinski definition) is 1. The first-order valence-electron chi connectivity index (χ1n) is 4.88. The number of hydrogen-bond acceptors (Lipinski definition) is 2. The Balaban J connectivity index is 0.00000112. The van der Waals surface area contributed by atoms with Gasteiger partial charge in [0, 0.05) is 16.6 Å². The van der Waals surface area contributed by atoms with Crippen molar-refractivity contribution in [3.05, 3.63) is 28.8 Å². The summed E-state index contributed by atoms with van der Waals surface area (Å²) < 4.78 is 5.31. The minimum atomic E-state index is 0. The van der Waals surface area contributed by atoms with Gasteiger partial charge in [-0.1, -0.05) is 11.6 Å². The van der Waals surface area contributed by atoms with Gasteiger partial charge in [0.25, 0.3) is 0 Å². The molecule has 1 N–H and O–H groups in total. The first kappa shape index (κ1) is 12.6. The summed E-state index contributed by atoms with van der Waals surface area (Å²) in [5, 5.41) is 4.21. The molecule has 0 aliphatic carbocycles. The standard InChI is InChI=1S/C11H14ClNO.ClH/c1-14-11-5-4-8(12)7-9(11)10-3-2-6-13-10;/h4-5,7,10,13H,2-3,6H2,1H3;1H/t10-;/m0./s1. The molecule has 15 heavy (non-hydrogen) atoms. The SMILES string of the molecule is COc1ccc(Cl)cc1[C@@H]1CCCN1.Cl. The largest absolute Gasteiger partial charge is 0.496 e. The number of ether oxygens (including phenoxy) is 1. The molecule has 1 aromatic carbocycles. The van der Waals surface area contributed by atoms with E-state index in [-0.39, 0.29) is 12.4 Å². The van der Waals surface area contributed by atoms with Gasteiger partial charge in [0.1, 0.15) is 5.75 Å². The second-order valence-corrected chi connectivity index (χ2v) is 3.97. The van der Waals surface area contributed by atoms with Gasteiger partial charge in [0.05, 0.1) is 7.11 Å². The Morgan fingerprint density at radius 1 is 1.47 bits per heavy atom. The van der Waals surface area contributed by atoms with Crippen LogP contribution in [0.1, 0.15) is 24.4 Å². The monoisotopic (exact) mass is 247 g/mol. The maximum absolute atomic E-state index is 5.97. The molecule has 0 bridgehead atoms. The lowest BCUT2D eigenvalue weighted by Gasteiger charge is -2.15. The fraction of sp³-hybridized carbons (Fsp3) is 0.455. The van der Waals surface area contributed by atoms with E-state index < -0.39 is 0 Å². The average Bonchev–Trinajstić information content (AvgIpc) is 2.70. The highest BCUT2D eigenvalue weighted by Crippen LogP contribution is 2.32. The molecule has 0 radical (unpaired) electrons. The lowest BCUT2D eigenvalue weighted by molar-refractivity contribution is 0.403. The molecule has 1 heterocycles. The third-order valence-corrected chi connectivity index (χ3v) is 2.86. The Labute approximate surface area is 101 Å². The Morgan fingerprint density at radius 3 is 2.87 bits per heavy atom. The van der Waals surface area contributed by atoms with Gasteiger partial charge in [0.15, 0.2) is 0 Å². The highest BCUT2D eigenvalue weighted by atomic mass is 35.5. The van der Waals surface area contributed by atoms with Crippen molar-refractivity contribution in [1.82, 2.24) is 5.32 Å². The van der Waals surface area contributed by atoms with E-state index in [1.54, 1.807) is 7.11 Å². The van der Waals surface area contributed by atoms with Crippen LogP contribution in [-0.2, 0) is 0 Å². The van der Waals surface area contributed by atoms with E-state index in [4.69, 9.17) is 16.3 Å². The molecule has 0 aromatic heterocycles. The third kappa shape index (κ3) is 2.77. The number of methoxy groups -OCH3 is 1. The van der Waals surface area contributed by atoms with Gasteiger partial charge in [-0.05, 0) is 37.6 Å². The average molecular weight is 248 g/mol. The van der Waals surface area contributed by atoms with Crippen molar-refractivity contribution in [2.24, 2.45) is 0 Å². The molecule has 0 unspecified atom stereocenters. The smallest absolute Gasteiger partial charge is 0.123 e. The van der Waals surface area contributed by atoms with Crippen molar-refractivity contribution in [3.8, 4) is 5.75 Å². The Morgan fingerprint density at radius 2 is 2.27 bits per heavy atom. The van der Waals surface area contributed by atoms with Crippen molar-refractivity contribution in [1.29, 1.82) is 0 Å². The number of benzene rings is 1. The highest BCUT2D eigenvalue weighted by molar-refractivity contribution is 6.30. The molecular weight excluding hydrogens is 233 g/mol. The zero-order valence-corrected chi connectivity index (χ0v) is 10.2. The van der Waals surface area contributed by atoms with Crippen LogP contribution >= 0.6 is 24.0 Å². The molecule has 2 nitrogen and oxygen atoms in total. The van der Waals surface area contributed by atoms with Crippen LogP contribution in [0.2, 0.25) is 5.02 Å². The van der Waals surface area contributed by atoms with Gasteiger partial charge < -0.3 is 10.1 Å². The predicted molar refractivity (Wildman–Crippen MR) is 65.2 cm³/mol. The molecule has 4 heteroatoms. The van der Waals surface area contributed by atoms with Crippen molar-refractivity contribution in [2.75, 3.05) is 13.7 Å². The van der Waals surface area contributed by atoms with Crippen LogP contribution in [0.3, 0.4) is 0 Å². The zero-order valence-electron chi connectivity index (χ0n) is 8.63. The summed E-state index contributed by atoms with van der Waals surface area (Å²) in [6.07, 6.45) is 2.39. The quantitative estimate of drug-likeness (QED) is 0.867. The molecule has 0 saturated carbocycles. The normalized spacial score (nSPS) is 19.7. The first-order valence-corrected chi connectivity index (χ1v) is 5.26. The number of nitrogens with one attached hydrogen (secondary N) is 1. The molecule has 1 aliphatic heterocycles. The topological polar surface area (TPSA) is 21.3 Å². The summed E-state index contributed by atoms with van der Waals surface area (Å²) in [6, 6.07) is 6.18. The minimum absolute atomic E-state index is 0. The molecule has 1 fully saturated rings. The molecule has 2 rings (SSSR count). The summed E-state index contributed by atoms with van der Waals surface area (Å²) >= 11 is 5.97. The fourth-order valence-electron chi connectivity index (χ4n) is 1.93. The second-order valence-electron chi connectivity index (χ2n) is 3.54. The van der Waals surface area contributed by atoms with E-state index >= 15 is 0 Å². The van der Waals surface area contributed by atoms with Crippen LogP contribution in [-0.4, -0.2) is 13.7 Å². The summed E-state index contributed by atoms with van der Waals surface area (Å²) in [4.78, 5) is 0. The van der Waals surface area contributed by atoms with Gasteiger partial charge in [-0.2, -0.15) is 0 Å². The molecule has 1 atom stereocenters. The summed E-state index contributed by atoms with van der Waals surface area (Å²) in [6.45, 7) is 1.08. The van der Waals surface area contributed by atoms with Gasteiger partial charge in [-0.25, -0.2) is 0 Å². The molecule has 84 valence electrons. The fourth-order valence-corrected chi connectivity index (χ4v) is 2.11. The highest BCUT2D eigenvalue weighted by Gasteiger charge is 2.19. The predicted octanol–water partition coefficient (Wildman–Crippen LogP) is 3.19. The van der Waals surface area contributed by atoms with Gasteiger partial charge in [-0.15, -0.1) is 12.4 Å². The van der Waals surface area contributed by atoms with E-state index in [9.17, 15) is 0 Å². The summed E-state index contributed by atoms with van der Waals surface area (Å²) in [5.41, 5.74) is 1.18. The van der Waals surface area contributed by atoms with Gasteiger partial charge in [0.2, 0.25) is 0 Å². The van der Waals surface area contributed by atoms with Crippen molar-refractivity contribution in [2.45, 2.75) is 18.9 Å². The molecule has 1 saturated heterocycles. The van der Waals surface area contributed by atoms with Gasteiger partial charge >= 0.3 is 0 Å². The van der Waals surface area contributed by atoms with Crippen LogP contribution in [0.15, 0.2) is 18.2 Å². The van der Waals surface area contributed by atoms with Crippen LogP contribution in [0.4, 0.5) is 0 Å². The maximum atomic E-state index is 5.97. The Bertz CT molecular complexity index is 324.